The Morgan fingerprint density at radius 2 is 2.00 bits per heavy atom. The minimum atomic E-state index is 0.353. The van der Waals surface area contributed by atoms with Crippen LogP contribution >= 0.6 is 0 Å². The van der Waals surface area contributed by atoms with Crippen LogP contribution < -0.4 is 9.64 Å². The van der Waals surface area contributed by atoms with Gasteiger partial charge in [-0.2, -0.15) is 5.26 Å². The van der Waals surface area contributed by atoms with Crippen LogP contribution in [0, 0.1) is 11.3 Å². The Bertz CT molecular complexity index is 879. The number of nitrogens with one attached hydrogen (secondary N) is 1. The molecule has 0 bridgehead atoms. The predicted octanol–water partition coefficient (Wildman–Crippen LogP) is 2.99. The number of rotatable bonds is 5. The lowest BCUT2D eigenvalue weighted by atomic mass is 10.1. The molecule has 6 heteroatoms. The van der Waals surface area contributed by atoms with E-state index in [2.05, 4.69) is 21.5 Å². The number of H-pyrrole nitrogens is 1. The van der Waals surface area contributed by atoms with Gasteiger partial charge in [-0.15, -0.1) is 5.10 Å². The number of aromatic amines is 1. The van der Waals surface area contributed by atoms with Gasteiger partial charge in [0, 0.05) is 31.4 Å². The molecule has 120 valence electrons. The van der Waals surface area contributed by atoms with E-state index < -0.39 is 0 Å². The monoisotopic (exact) mass is 319 g/mol. The molecule has 0 aliphatic rings. The summed E-state index contributed by atoms with van der Waals surface area (Å²) in [6.07, 6.45) is 0. The lowest BCUT2D eigenvalue weighted by Gasteiger charge is -2.14. The Hall–Kier alpha value is -3.33. The Morgan fingerprint density at radius 1 is 1.17 bits per heavy atom. The zero-order chi connectivity index (χ0) is 16.9. The van der Waals surface area contributed by atoms with Gasteiger partial charge in [0.05, 0.1) is 0 Å². The summed E-state index contributed by atoms with van der Waals surface area (Å²) in [4.78, 5) is 2.03. The largest absolute Gasteiger partial charge is 0.489 e. The van der Waals surface area contributed by atoms with Crippen LogP contribution in [0.15, 0.2) is 48.5 Å². The van der Waals surface area contributed by atoms with Gasteiger partial charge < -0.3 is 9.64 Å². The molecule has 2 aromatic carbocycles. The lowest BCUT2D eigenvalue weighted by Crippen LogP contribution is -2.08. The highest BCUT2D eigenvalue weighted by Gasteiger charge is 2.09. The smallest absolute Gasteiger partial charge is 0.163 e. The molecular formula is C18H17N5O. The van der Waals surface area contributed by atoms with E-state index in [4.69, 9.17) is 10.00 Å². The Balaban J connectivity index is 1.76. The molecule has 1 aromatic heterocycles. The van der Waals surface area contributed by atoms with E-state index in [1.165, 1.54) is 0 Å². The Morgan fingerprint density at radius 3 is 2.79 bits per heavy atom. The van der Waals surface area contributed by atoms with Gasteiger partial charge >= 0.3 is 0 Å². The molecule has 0 fully saturated rings. The highest BCUT2D eigenvalue weighted by Crippen LogP contribution is 2.23. The molecule has 3 rings (SSSR count). The highest BCUT2D eigenvalue weighted by atomic mass is 16.5. The normalized spacial score (nSPS) is 10.2. The van der Waals surface area contributed by atoms with Crippen molar-refractivity contribution in [1.29, 1.82) is 5.26 Å². The first-order valence-corrected chi connectivity index (χ1v) is 7.48. The van der Waals surface area contributed by atoms with Crippen LogP contribution in [0.3, 0.4) is 0 Å². The van der Waals surface area contributed by atoms with Crippen molar-refractivity contribution in [2.45, 2.75) is 6.61 Å². The standard InChI is InChI=1S/C18H17N5O/c1-23(2)15-7-4-8-16(10-15)24-12-13-5-3-6-14(9-13)18-17(11-19)20-22-21-18/h3-10H,12H2,1-2H3,(H,20,21,22). The second-order valence-corrected chi connectivity index (χ2v) is 5.53. The molecular weight excluding hydrogens is 302 g/mol. The van der Waals surface area contributed by atoms with E-state index >= 15 is 0 Å². The third-order valence-electron chi connectivity index (χ3n) is 3.60. The van der Waals surface area contributed by atoms with E-state index in [0.29, 0.717) is 18.0 Å². The van der Waals surface area contributed by atoms with Gasteiger partial charge in [0.1, 0.15) is 24.1 Å². The maximum atomic E-state index is 9.07. The number of ether oxygens (including phenoxy) is 1. The van der Waals surface area contributed by atoms with Gasteiger partial charge in [0.25, 0.3) is 0 Å². The molecule has 0 aliphatic carbocycles. The maximum absolute atomic E-state index is 9.07. The molecule has 24 heavy (non-hydrogen) atoms. The van der Waals surface area contributed by atoms with E-state index in [1.54, 1.807) is 0 Å². The molecule has 3 aromatic rings. The second kappa shape index (κ2) is 6.84. The molecule has 0 radical (unpaired) electrons. The van der Waals surface area contributed by atoms with Crippen molar-refractivity contribution in [2.24, 2.45) is 0 Å². The van der Waals surface area contributed by atoms with Crippen LogP contribution in [-0.2, 0) is 6.61 Å². The number of nitriles is 1. The maximum Gasteiger partial charge on any atom is 0.163 e. The highest BCUT2D eigenvalue weighted by molar-refractivity contribution is 5.64. The molecule has 1 heterocycles. The number of benzene rings is 2. The first kappa shape index (κ1) is 15.6. The van der Waals surface area contributed by atoms with E-state index in [-0.39, 0.29) is 0 Å². The first-order valence-electron chi connectivity index (χ1n) is 7.48. The minimum Gasteiger partial charge on any atom is -0.489 e. The zero-order valence-corrected chi connectivity index (χ0v) is 13.5. The number of anilines is 1. The zero-order valence-electron chi connectivity index (χ0n) is 13.5. The van der Waals surface area contributed by atoms with Gasteiger partial charge in [-0.3, -0.25) is 0 Å². The third-order valence-corrected chi connectivity index (χ3v) is 3.60. The summed E-state index contributed by atoms with van der Waals surface area (Å²) in [5, 5.41) is 19.3. The summed E-state index contributed by atoms with van der Waals surface area (Å²) in [5.41, 5.74) is 3.82. The van der Waals surface area contributed by atoms with Gasteiger partial charge in [0.2, 0.25) is 0 Å². The van der Waals surface area contributed by atoms with Crippen LogP contribution in [0.2, 0.25) is 0 Å². The van der Waals surface area contributed by atoms with E-state index in [9.17, 15) is 0 Å². The van der Waals surface area contributed by atoms with Crippen molar-refractivity contribution >= 4 is 5.69 Å². The fourth-order valence-electron chi connectivity index (χ4n) is 2.33. The van der Waals surface area contributed by atoms with Crippen molar-refractivity contribution in [3.8, 4) is 23.1 Å². The molecule has 0 spiro atoms. The van der Waals surface area contributed by atoms with Crippen molar-refractivity contribution in [3.05, 3.63) is 59.8 Å². The number of hydrogen-bond donors (Lipinski definition) is 1. The predicted molar refractivity (Wildman–Crippen MR) is 91.6 cm³/mol. The van der Waals surface area contributed by atoms with Gasteiger partial charge in [-0.1, -0.05) is 29.5 Å². The van der Waals surface area contributed by atoms with Crippen LogP contribution in [-0.4, -0.2) is 29.5 Å². The molecule has 0 atom stereocenters. The quantitative estimate of drug-likeness (QED) is 0.782. The SMILES string of the molecule is CN(C)c1cccc(OCc2cccc(-c3nn[nH]c3C#N)c2)c1. The summed E-state index contributed by atoms with van der Waals surface area (Å²) in [5.74, 6) is 0.811. The second-order valence-electron chi connectivity index (χ2n) is 5.53. The van der Waals surface area contributed by atoms with Gasteiger partial charge in [-0.05, 0) is 23.8 Å². The van der Waals surface area contributed by atoms with E-state index in [0.717, 1.165) is 22.6 Å². The van der Waals surface area contributed by atoms with Crippen LogP contribution in [0.5, 0.6) is 5.75 Å². The third kappa shape index (κ3) is 3.36. The average Bonchev–Trinajstić information content (AvgIpc) is 3.09. The van der Waals surface area contributed by atoms with Crippen LogP contribution in [0.25, 0.3) is 11.3 Å². The molecule has 0 aliphatic heterocycles. The molecule has 0 saturated heterocycles. The Labute approximate surface area is 140 Å². The average molecular weight is 319 g/mol. The lowest BCUT2D eigenvalue weighted by molar-refractivity contribution is 0.306. The van der Waals surface area contributed by atoms with Crippen molar-refractivity contribution < 1.29 is 4.74 Å². The first-order chi connectivity index (χ1) is 11.7. The minimum absolute atomic E-state index is 0.353. The van der Waals surface area contributed by atoms with E-state index in [1.807, 2.05) is 67.5 Å². The summed E-state index contributed by atoms with van der Waals surface area (Å²) in [6, 6.07) is 17.7. The van der Waals surface area contributed by atoms with Crippen molar-refractivity contribution in [1.82, 2.24) is 15.4 Å². The summed E-state index contributed by atoms with van der Waals surface area (Å²) >= 11 is 0. The number of hydrogen-bond acceptors (Lipinski definition) is 5. The van der Waals surface area contributed by atoms with Crippen LogP contribution in [0.1, 0.15) is 11.3 Å². The molecule has 1 N–H and O–H groups in total. The fraction of sp³-hybridized carbons (Fsp3) is 0.167. The molecule has 0 unspecified atom stereocenters. The fourth-order valence-corrected chi connectivity index (χ4v) is 2.33. The number of nitrogens with zero attached hydrogens (tertiary/aromatic N) is 4. The van der Waals surface area contributed by atoms with Gasteiger partial charge in [0.15, 0.2) is 5.69 Å². The molecule has 0 amide bonds. The number of aromatic nitrogens is 3. The topological polar surface area (TPSA) is 77.8 Å². The van der Waals surface area contributed by atoms with Gasteiger partial charge in [-0.25, -0.2) is 5.10 Å². The van der Waals surface area contributed by atoms with Crippen molar-refractivity contribution in [2.75, 3.05) is 19.0 Å². The summed E-state index contributed by atoms with van der Waals surface area (Å²) < 4.78 is 5.88. The van der Waals surface area contributed by atoms with Crippen molar-refractivity contribution in [3.63, 3.8) is 0 Å². The molecule has 6 nitrogen and oxygen atoms in total. The summed E-state index contributed by atoms with van der Waals surface area (Å²) in [6.45, 7) is 0.435. The Kier molecular flexibility index (Phi) is 4.43. The summed E-state index contributed by atoms with van der Waals surface area (Å²) in [7, 11) is 3.99. The molecule has 0 saturated carbocycles. The van der Waals surface area contributed by atoms with Crippen LogP contribution in [0.4, 0.5) is 5.69 Å².